The average molecular weight is 394 g/mol. The molecule has 4 nitrogen and oxygen atoms in total. The Morgan fingerprint density at radius 3 is 2.71 bits per heavy atom. The van der Waals surface area contributed by atoms with Crippen molar-refractivity contribution in [3.8, 4) is 11.5 Å². The maximum absolute atomic E-state index is 13.8. The lowest BCUT2D eigenvalue weighted by Gasteiger charge is -2.14. The molecule has 2 N–H and O–H groups in total. The predicted molar refractivity (Wildman–Crippen MR) is 92.1 cm³/mol. The molecule has 0 radical (unpaired) electrons. The fourth-order valence-electron chi connectivity index (χ4n) is 2.54. The van der Waals surface area contributed by atoms with Crippen molar-refractivity contribution in [3.63, 3.8) is 0 Å². The Kier molecular flexibility index (Phi) is 4.76. The number of carbonyl (C=O) groups is 1. The van der Waals surface area contributed by atoms with E-state index in [0.29, 0.717) is 17.7 Å². The summed E-state index contributed by atoms with van der Waals surface area (Å²) < 4.78 is 25.8. The molecule has 1 saturated carbocycles. The fourth-order valence-corrected chi connectivity index (χ4v) is 2.88. The third-order valence-corrected chi connectivity index (χ3v) is 4.46. The summed E-state index contributed by atoms with van der Waals surface area (Å²) in [5, 5.41) is 0. The van der Waals surface area contributed by atoms with Crippen LogP contribution in [-0.4, -0.2) is 19.1 Å². The SMILES string of the molecule is COc1c(Cc2ccc(Br)c(OC3CC3)c2)cc(F)cc1C(N)=O. The summed E-state index contributed by atoms with van der Waals surface area (Å²) in [6.45, 7) is 0. The van der Waals surface area contributed by atoms with Gasteiger partial charge in [-0.25, -0.2) is 4.39 Å². The number of ether oxygens (including phenoxy) is 2. The first-order chi connectivity index (χ1) is 11.5. The largest absolute Gasteiger partial charge is 0.496 e. The molecule has 1 amide bonds. The summed E-state index contributed by atoms with van der Waals surface area (Å²) in [5.74, 6) is -0.177. The Labute approximate surface area is 147 Å². The van der Waals surface area contributed by atoms with Gasteiger partial charge in [0.1, 0.15) is 17.3 Å². The van der Waals surface area contributed by atoms with Crippen LogP contribution in [0.15, 0.2) is 34.8 Å². The number of methoxy groups -OCH3 is 1. The van der Waals surface area contributed by atoms with Gasteiger partial charge in [-0.2, -0.15) is 0 Å². The van der Waals surface area contributed by atoms with Crippen molar-refractivity contribution in [1.29, 1.82) is 0 Å². The van der Waals surface area contributed by atoms with Crippen LogP contribution in [0.3, 0.4) is 0 Å². The van der Waals surface area contributed by atoms with Crippen molar-refractivity contribution in [2.45, 2.75) is 25.4 Å². The fraction of sp³-hybridized carbons (Fsp3) is 0.278. The molecular weight excluding hydrogens is 377 g/mol. The average Bonchev–Trinajstić information content (AvgIpc) is 3.34. The van der Waals surface area contributed by atoms with Gasteiger partial charge in [0.25, 0.3) is 5.91 Å². The van der Waals surface area contributed by atoms with Gasteiger partial charge in [-0.1, -0.05) is 6.07 Å². The number of primary amides is 1. The second-order valence-electron chi connectivity index (χ2n) is 5.77. The van der Waals surface area contributed by atoms with Gasteiger partial charge in [0.15, 0.2) is 0 Å². The second-order valence-corrected chi connectivity index (χ2v) is 6.62. The van der Waals surface area contributed by atoms with Crippen LogP contribution >= 0.6 is 15.9 Å². The smallest absolute Gasteiger partial charge is 0.252 e. The van der Waals surface area contributed by atoms with E-state index in [2.05, 4.69) is 15.9 Å². The number of carbonyl (C=O) groups excluding carboxylic acids is 1. The number of benzene rings is 2. The van der Waals surface area contributed by atoms with Crippen LogP contribution in [0, 0.1) is 5.82 Å². The zero-order chi connectivity index (χ0) is 17.3. The van der Waals surface area contributed by atoms with Crippen LogP contribution in [0.25, 0.3) is 0 Å². The number of hydrogen-bond donors (Lipinski definition) is 1. The standard InChI is InChI=1S/C18H17BrFNO3/c1-23-17-11(8-12(20)9-14(17)18(21)22)6-10-2-5-15(19)16(7-10)24-13-3-4-13/h2,5,7-9,13H,3-4,6H2,1H3,(H2,21,22). The number of amides is 1. The van der Waals surface area contributed by atoms with E-state index in [-0.39, 0.29) is 11.7 Å². The molecule has 0 unspecified atom stereocenters. The maximum atomic E-state index is 13.8. The summed E-state index contributed by atoms with van der Waals surface area (Å²) in [6.07, 6.45) is 2.81. The third-order valence-electron chi connectivity index (χ3n) is 3.81. The van der Waals surface area contributed by atoms with E-state index in [1.54, 1.807) is 0 Å². The van der Waals surface area contributed by atoms with Gasteiger partial charge in [0.2, 0.25) is 0 Å². The van der Waals surface area contributed by atoms with Gasteiger partial charge < -0.3 is 15.2 Å². The van der Waals surface area contributed by atoms with E-state index < -0.39 is 11.7 Å². The van der Waals surface area contributed by atoms with E-state index in [4.69, 9.17) is 15.2 Å². The lowest BCUT2D eigenvalue weighted by atomic mass is 10.0. The molecule has 2 aromatic carbocycles. The van der Waals surface area contributed by atoms with Gasteiger partial charge in [-0.05, 0) is 58.6 Å². The molecule has 1 fully saturated rings. The maximum Gasteiger partial charge on any atom is 0.252 e. The van der Waals surface area contributed by atoms with Gasteiger partial charge >= 0.3 is 0 Å². The number of halogens is 2. The minimum atomic E-state index is -0.721. The summed E-state index contributed by atoms with van der Waals surface area (Å²) in [4.78, 5) is 11.5. The van der Waals surface area contributed by atoms with Crippen LogP contribution in [-0.2, 0) is 6.42 Å². The molecule has 0 aromatic heterocycles. The van der Waals surface area contributed by atoms with Crippen molar-refractivity contribution in [1.82, 2.24) is 0 Å². The first-order valence-corrected chi connectivity index (χ1v) is 8.38. The topological polar surface area (TPSA) is 61.6 Å². The van der Waals surface area contributed by atoms with E-state index in [1.165, 1.54) is 13.2 Å². The molecule has 24 heavy (non-hydrogen) atoms. The molecule has 1 aliphatic rings. The molecule has 0 bridgehead atoms. The number of hydrogen-bond acceptors (Lipinski definition) is 3. The molecule has 0 atom stereocenters. The lowest BCUT2D eigenvalue weighted by molar-refractivity contribution is 0.0996. The molecule has 126 valence electrons. The van der Waals surface area contributed by atoms with Crippen LogP contribution < -0.4 is 15.2 Å². The molecule has 0 saturated heterocycles. The number of nitrogens with two attached hydrogens (primary N) is 1. The van der Waals surface area contributed by atoms with Gasteiger partial charge in [-0.3, -0.25) is 4.79 Å². The first-order valence-electron chi connectivity index (χ1n) is 7.59. The zero-order valence-corrected chi connectivity index (χ0v) is 14.7. The molecule has 0 aliphatic heterocycles. The summed E-state index contributed by atoms with van der Waals surface area (Å²) in [5.41, 5.74) is 6.84. The molecule has 0 spiro atoms. The zero-order valence-electron chi connectivity index (χ0n) is 13.1. The Morgan fingerprint density at radius 2 is 2.08 bits per heavy atom. The summed E-state index contributed by atoms with van der Waals surface area (Å²) >= 11 is 3.47. The van der Waals surface area contributed by atoms with Gasteiger partial charge in [0.05, 0.1) is 23.2 Å². The van der Waals surface area contributed by atoms with Crippen LogP contribution in [0.1, 0.15) is 34.3 Å². The minimum absolute atomic E-state index is 0.0408. The second kappa shape index (κ2) is 6.81. The molecule has 3 rings (SSSR count). The molecule has 0 heterocycles. The van der Waals surface area contributed by atoms with Gasteiger partial charge in [-0.15, -0.1) is 0 Å². The van der Waals surface area contributed by atoms with Gasteiger partial charge in [0, 0.05) is 12.0 Å². The van der Waals surface area contributed by atoms with Crippen LogP contribution in [0.2, 0.25) is 0 Å². The highest BCUT2D eigenvalue weighted by Crippen LogP contribution is 2.34. The lowest BCUT2D eigenvalue weighted by Crippen LogP contribution is -2.14. The predicted octanol–water partition coefficient (Wildman–Crippen LogP) is 3.83. The first kappa shape index (κ1) is 16.8. The third kappa shape index (κ3) is 3.70. The molecular formula is C18H17BrFNO3. The van der Waals surface area contributed by atoms with Crippen LogP contribution in [0.5, 0.6) is 11.5 Å². The Hall–Kier alpha value is -2.08. The molecule has 6 heteroatoms. The van der Waals surface area contributed by atoms with E-state index in [0.717, 1.165) is 34.7 Å². The highest BCUT2D eigenvalue weighted by molar-refractivity contribution is 9.10. The summed E-state index contributed by atoms with van der Waals surface area (Å²) in [7, 11) is 1.44. The highest BCUT2D eigenvalue weighted by atomic mass is 79.9. The van der Waals surface area contributed by atoms with E-state index in [9.17, 15) is 9.18 Å². The van der Waals surface area contributed by atoms with E-state index >= 15 is 0 Å². The number of rotatable bonds is 6. The summed E-state index contributed by atoms with van der Waals surface area (Å²) in [6, 6.07) is 8.17. The molecule has 1 aliphatic carbocycles. The van der Waals surface area contributed by atoms with E-state index in [1.807, 2.05) is 18.2 Å². The van der Waals surface area contributed by atoms with Crippen molar-refractivity contribution in [3.05, 3.63) is 57.3 Å². The van der Waals surface area contributed by atoms with Crippen molar-refractivity contribution >= 4 is 21.8 Å². The normalized spacial score (nSPS) is 13.6. The van der Waals surface area contributed by atoms with Crippen LogP contribution in [0.4, 0.5) is 4.39 Å². The van der Waals surface area contributed by atoms with Crippen molar-refractivity contribution < 1.29 is 18.7 Å². The molecule has 2 aromatic rings. The Bertz CT molecular complexity index is 790. The Balaban J connectivity index is 1.94. The van der Waals surface area contributed by atoms with Crippen molar-refractivity contribution in [2.24, 2.45) is 5.73 Å². The highest BCUT2D eigenvalue weighted by Gasteiger charge is 2.24. The monoisotopic (exact) mass is 393 g/mol. The quantitative estimate of drug-likeness (QED) is 0.810. The van der Waals surface area contributed by atoms with Crippen molar-refractivity contribution in [2.75, 3.05) is 7.11 Å². The Morgan fingerprint density at radius 1 is 1.33 bits per heavy atom. The minimum Gasteiger partial charge on any atom is -0.496 e.